The number of likely N-dealkylation sites (tertiary alicyclic amines) is 1. The highest BCUT2D eigenvalue weighted by atomic mass is 35.5. The second kappa shape index (κ2) is 14.3. The number of rotatable bonds is 15. The molecule has 0 spiro atoms. The van der Waals surface area contributed by atoms with Crippen LogP contribution in [0.5, 0.6) is 0 Å². The molecule has 1 heterocycles. The first-order valence-electron chi connectivity index (χ1n) is 17.6. The maximum absolute atomic E-state index is 14.3. The number of hydrogen-bond acceptors (Lipinski definition) is 6. The van der Waals surface area contributed by atoms with Gasteiger partial charge in [0.05, 0.1) is 6.04 Å². The third kappa shape index (κ3) is 7.74. The molecule has 6 aliphatic rings. The van der Waals surface area contributed by atoms with Crippen molar-refractivity contribution in [2.45, 2.75) is 119 Å². The molecule has 4 amide bonds. The van der Waals surface area contributed by atoms with Gasteiger partial charge in [0, 0.05) is 24.9 Å². The second-order valence-electron chi connectivity index (χ2n) is 16.0. The number of amides is 4. The van der Waals surface area contributed by atoms with Crippen LogP contribution >= 0.6 is 23.2 Å². The van der Waals surface area contributed by atoms with Crippen molar-refractivity contribution in [3.05, 3.63) is 25.3 Å². The minimum Gasteiger partial charge on any atom is -0.443 e. The van der Waals surface area contributed by atoms with Gasteiger partial charge in [-0.3, -0.25) is 19.2 Å². The summed E-state index contributed by atoms with van der Waals surface area (Å²) in [6.07, 6.45) is 11.8. The zero-order chi connectivity index (χ0) is 35.0. The number of carbonyl (C=O) groups is 5. The number of piperidine rings is 1. The van der Waals surface area contributed by atoms with Gasteiger partial charge in [-0.1, -0.05) is 32.9 Å². The number of allylic oxidation sites excluding steroid dienone is 2. The molecule has 0 aromatic carbocycles. The maximum atomic E-state index is 14.3. The number of alkyl carbamates (subject to hydrolysis) is 1. The molecule has 5 saturated carbocycles. The van der Waals surface area contributed by atoms with Crippen LogP contribution in [0.4, 0.5) is 4.79 Å². The van der Waals surface area contributed by atoms with E-state index in [1.807, 2.05) is 20.8 Å². The van der Waals surface area contributed by atoms with Crippen LogP contribution in [0, 0.1) is 35.0 Å². The first kappa shape index (κ1) is 36.7. The van der Waals surface area contributed by atoms with Crippen molar-refractivity contribution >= 4 is 52.8 Å². The summed E-state index contributed by atoms with van der Waals surface area (Å²) in [6.45, 7) is 13.4. The number of fused-ring (bicyclic) bond motifs is 1. The summed E-state index contributed by atoms with van der Waals surface area (Å²) in [5, 5.41) is 8.25. The number of unbranched alkanes of at least 4 members (excludes halogenated alkanes) is 2. The van der Waals surface area contributed by atoms with Crippen molar-refractivity contribution in [3.8, 4) is 0 Å². The van der Waals surface area contributed by atoms with Crippen molar-refractivity contribution in [2.24, 2.45) is 35.0 Å². The molecule has 0 aromatic heterocycles. The van der Waals surface area contributed by atoms with Crippen molar-refractivity contribution in [1.29, 1.82) is 0 Å². The minimum absolute atomic E-state index is 0.114. The van der Waals surface area contributed by atoms with Gasteiger partial charge >= 0.3 is 6.09 Å². The number of alkyl halides is 2. The molecule has 10 nitrogen and oxygen atoms in total. The van der Waals surface area contributed by atoms with E-state index in [4.69, 9.17) is 27.9 Å². The number of carbonyl (C=O) groups excluding carboxylic acids is 5. The van der Waals surface area contributed by atoms with Gasteiger partial charge in [0.25, 0.3) is 5.91 Å². The van der Waals surface area contributed by atoms with Crippen molar-refractivity contribution in [3.63, 3.8) is 0 Å². The Balaban J connectivity index is 1.28. The van der Waals surface area contributed by atoms with Crippen LogP contribution in [0.1, 0.15) is 91.4 Å². The van der Waals surface area contributed by atoms with Crippen LogP contribution in [0.3, 0.4) is 0 Å². The molecular formula is C36H52Cl2N4O6. The van der Waals surface area contributed by atoms with Gasteiger partial charge in [-0.2, -0.15) is 0 Å². The van der Waals surface area contributed by atoms with Crippen LogP contribution in [0.25, 0.3) is 0 Å². The predicted octanol–water partition coefficient (Wildman–Crippen LogP) is 5.22. The van der Waals surface area contributed by atoms with E-state index in [0.717, 1.165) is 32.1 Å². The fourth-order valence-electron chi connectivity index (χ4n) is 9.12. The van der Waals surface area contributed by atoms with Crippen LogP contribution in [-0.4, -0.2) is 75.6 Å². The summed E-state index contributed by atoms with van der Waals surface area (Å²) in [4.78, 5) is 69.2. The van der Waals surface area contributed by atoms with Gasteiger partial charge in [0.1, 0.15) is 22.0 Å². The molecule has 6 fully saturated rings. The molecule has 1 saturated heterocycles. The fourth-order valence-corrected chi connectivity index (χ4v) is 9.95. The Morgan fingerprint density at radius 1 is 0.938 bits per heavy atom. The summed E-state index contributed by atoms with van der Waals surface area (Å²) in [6, 6.07) is -3.23. The highest BCUT2D eigenvalue weighted by Gasteiger charge is 2.74. The van der Waals surface area contributed by atoms with Gasteiger partial charge in [0.15, 0.2) is 0 Å². The number of hydrogen-bond donors (Lipinski definition) is 3. The Hall–Kier alpha value is -2.59. The quantitative estimate of drug-likeness (QED) is 0.0926. The normalized spacial score (nSPS) is 32.0. The molecule has 5 aliphatic carbocycles. The maximum Gasteiger partial charge on any atom is 0.408 e. The van der Waals surface area contributed by atoms with Crippen molar-refractivity contribution in [2.75, 3.05) is 13.1 Å². The Kier molecular flexibility index (Phi) is 11.0. The van der Waals surface area contributed by atoms with Crippen molar-refractivity contribution < 1.29 is 28.7 Å². The number of ether oxygens (including phenoxy) is 1. The minimum atomic E-state index is -1.22. The zero-order valence-electron chi connectivity index (χ0n) is 28.5. The van der Waals surface area contributed by atoms with E-state index in [0.29, 0.717) is 37.1 Å². The lowest BCUT2D eigenvalue weighted by atomic mass is 9.54. The molecular weight excluding hydrogens is 655 g/mol. The van der Waals surface area contributed by atoms with Crippen molar-refractivity contribution in [1.82, 2.24) is 20.9 Å². The van der Waals surface area contributed by atoms with E-state index in [9.17, 15) is 24.0 Å². The number of ketones is 1. The number of nitrogens with zero attached hydrogens (tertiary/aromatic N) is 1. The summed E-state index contributed by atoms with van der Waals surface area (Å²) in [5.41, 5.74) is -1.21. The Bertz CT molecular complexity index is 1280. The third-order valence-electron chi connectivity index (χ3n) is 11.2. The summed E-state index contributed by atoms with van der Waals surface area (Å²) >= 11 is 13.2. The van der Waals surface area contributed by atoms with Gasteiger partial charge < -0.3 is 25.6 Å². The smallest absolute Gasteiger partial charge is 0.408 e. The molecule has 4 bridgehead atoms. The highest BCUT2D eigenvalue weighted by Crippen LogP contribution is 2.65. The van der Waals surface area contributed by atoms with E-state index < -0.39 is 69.0 Å². The molecule has 4 unspecified atom stereocenters. The van der Waals surface area contributed by atoms with Crippen LogP contribution < -0.4 is 16.0 Å². The average molecular weight is 708 g/mol. The van der Waals surface area contributed by atoms with Crippen LogP contribution in [-0.2, 0) is 23.9 Å². The Morgan fingerprint density at radius 3 is 2.10 bits per heavy atom. The molecule has 6 rings (SSSR count). The van der Waals surface area contributed by atoms with E-state index in [2.05, 4.69) is 29.1 Å². The van der Waals surface area contributed by atoms with Gasteiger partial charge in [-0.05, 0) is 93.8 Å². The van der Waals surface area contributed by atoms with Gasteiger partial charge in [-0.25, -0.2) is 4.79 Å². The monoisotopic (exact) mass is 706 g/mol. The Morgan fingerprint density at radius 2 is 1.54 bits per heavy atom. The standard InChI is InChI=1S/C36H52Cl2N4O6/c1-6-8-10-11-13-39-31(45)28(43)25(12-9-7-2)40-30(44)27-26-24(36(26,37)38)20-42(27)32(46)29(34(3,4)5)41-33(47)48-35-17-21-14-22(18-35)16-23(15-21)19-35/h6-7,21-27,29H,1-2,8-20H2,3-5H3,(H,39,45)(H,40,44)(H,41,47)/t21?,22?,23?,24?,25?,26?,27-,29?,35?/m0/s1. The number of nitrogens with one attached hydrogen (secondary N) is 3. The van der Waals surface area contributed by atoms with Gasteiger partial charge in [0.2, 0.25) is 17.6 Å². The molecule has 48 heavy (non-hydrogen) atoms. The first-order valence-corrected chi connectivity index (χ1v) is 18.4. The van der Waals surface area contributed by atoms with E-state index in [-0.39, 0.29) is 18.9 Å². The number of Topliss-reactive ketones (excluding diaryl/α,β-unsaturated/α-hetero) is 1. The molecule has 0 radical (unpaired) electrons. The zero-order valence-corrected chi connectivity index (χ0v) is 30.0. The molecule has 1 aliphatic heterocycles. The number of halogens is 2. The molecule has 12 heteroatoms. The summed E-state index contributed by atoms with van der Waals surface area (Å²) < 4.78 is 4.96. The molecule has 266 valence electrons. The summed E-state index contributed by atoms with van der Waals surface area (Å²) in [5.74, 6) is -1.81. The largest absolute Gasteiger partial charge is 0.443 e. The molecule has 0 aromatic rings. The van der Waals surface area contributed by atoms with Crippen LogP contribution in [0.15, 0.2) is 25.3 Å². The van der Waals surface area contributed by atoms with E-state index in [1.54, 1.807) is 12.2 Å². The second-order valence-corrected chi connectivity index (χ2v) is 17.5. The highest BCUT2D eigenvalue weighted by molar-refractivity contribution is 6.51. The third-order valence-corrected chi connectivity index (χ3v) is 12.3. The predicted molar refractivity (Wildman–Crippen MR) is 184 cm³/mol. The van der Waals surface area contributed by atoms with Crippen LogP contribution in [0.2, 0.25) is 0 Å². The topological polar surface area (TPSA) is 134 Å². The average Bonchev–Trinajstić information content (AvgIpc) is 3.31. The summed E-state index contributed by atoms with van der Waals surface area (Å²) in [7, 11) is 0. The molecule has 3 N–H and O–H groups in total. The lowest BCUT2D eigenvalue weighted by Crippen LogP contribution is -2.61. The Labute approximate surface area is 294 Å². The van der Waals surface area contributed by atoms with E-state index >= 15 is 0 Å². The molecule has 5 atom stereocenters. The fraction of sp³-hybridized carbons (Fsp3) is 0.750. The first-order chi connectivity index (χ1) is 22.6. The lowest BCUT2D eigenvalue weighted by molar-refractivity contribution is -0.146. The van der Waals surface area contributed by atoms with E-state index in [1.165, 1.54) is 24.2 Å². The lowest BCUT2D eigenvalue weighted by Gasteiger charge is -2.55. The van der Waals surface area contributed by atoms with Gasteiger partial charge in [-0.15, -0.1) is 36.4 Å². The SMILES string of the molecule is C=CCCCCNC(=O)C(=O)C(CCC=C)NC(=O)[C@@H]1C2C(CN1C(=O)C(NC(=O)OC13CC4CC(CC(C4)C1)C3)C(C)(C)C)C2(Cl)Cl.